The van der Waals surface area contributed by atoms with Gasteiger partial charge in [0.15, 0.2) is 0 Å². The molecule has 1 aromatic heterocycles. The maximum absolute atomic E-state index is 13.2. The lowest BCUT2D eigenvalue weighted by molar-refractivity contribution is -0.746. The van der Waals surface area contributed by atoms with Gasteiger partial charge in [0, 0.05) is 5.92 Å². The molecule has 0 radical (unpaired) electrons. The third-order valence-corrected chi connectivity index (χ3v) is 5.10. The van der Waals surface area contributed by atoms with E-state index in [4.69, 9.17) is 4.74 Å². The van der Waals surface area contributed by atoms with Crippen molar-refractivity contribution in [3.63, 3.8) is 0 Å². The molecule has 0 spiro atoms. The highest BCUT2D eigenvalue weighted by Gasteiger charge is 2.67. The van der Waals surface area contributed by atoms with Crippen LogP contribution in [0.3, 0.4) is 0 Å². The Bertz CT molecular complexity index is 478. The quantitative estimate of drug-likeness (QED) is 0.679. The van der Waals surface area contributed by atoms with Crippen molar-refractivity contribution in [3.05, 3.63) is 18.2 Å². The molecule has 1 unspecified atom stereocenters. The minimum absolute atomic E-state index is 0.0693. The Balaban J connectivity index is 2.05. The second-order valence-electron chi connectivity index (χ2n) is 6.44. The zero-order chi connectivity index (χ0) is 13.3. The van der Waals surface area contributed by atoms with Gasteiger partial charge in [-0.2, -0.15) is 0 Å². The number of hydrogen-bond donors (Lipinski definition) is 0. The highest BCUT2D eigenvalue weighted by atomic mass is 16.7. The second kappa shape index (κ2) is 3.36. The van der Waals surface area contributed by atoms with Gasteiger partial charge < -0.3 is 9.84 Å². The number of imidazole rings is 1. The van der Waals surface area contributed by atoms with E-state index in [1.54, 1.807) is 0 Å². The largest absolute Gasteiger partial charge is 0.819 e. The monoisotopic (exact) mass is 250 g/mol. The summed E-state index contributed by atoms with van der Waals surface area (Å²) in [6.07, 6.45) is 4.82. The highest BCUT2D eigenvalue weighted by molar-refractivity contribution is 5.15. The van der Waals surface area contributed by atoms with Gasteiger partial charge in [-0.1, -0.05) is 13.8 Å². The fraction of sp³-hybridized carbons (Fsp3) is 0.786. The Labute approximate surface area is 108 Å². The number of rotatable bonds is 1. The molecule has 5 atom stereocenters. The lowest BCUT2D eigenvalue weighted by Crippen LogP contribution is -2.73. The van der Waals surface area contributed by atoms with Crippen LogP contribution in [0.1, 0.15) is 33.0 Å². The average Bonchev–Trinajstić information content (AvgIpc) is 2.64. The normalized spacial score (nSPS) is 46.9. The van der Waals surface area contributed by atoms with E-state index in [2.05, 4.69) is 20.8 Å². The fourth-order valence-electron chi connectivity index (χ4n) is 4.31. The van der Waals surface area contributed by atoms with Crippen molar-refractivity contribution < 1.29 is 14.4 Å². The smallest absolute Gasteiger partial charge is 0.272 e. The van der Waals surface area contributed by atoms with Crippen LogP contribution >= 0.6 is 0 Å². The van der Waals surface area contributed by atoms with Crippen LogP contribution < -0.4 is 9.67 Å². The lowest BCUT2D eigenvalue weighted by Gasteiger charge is -2.62. The number of aryl methyl sites for hydroxylation is 2. The Kier molecular flexibility index (Phi) is 2.28. The molecule has 18 heavy (non-hydrogen) atoms. The minimum atomic E-state index is -1.38. The standard InChI is InChI=1S/C14H22N2O2/c1-9-8-13(3)11(10(9)2)14(17,18-13)12-15(4)6-7-16(12)5/h6-7,9-11H,8H2,1-5H3/t9-,10+,11-,13+,14?/m1/s1. The number of fused-ring (bicyclic) bond motifs is 1. The van der Waals surface area contributed by atoms with Gasteiger partial charge in [0.2, 0.25) is 0 Å². The van der Waals surface area contributed by atoms with E-state index in [9.17, 15) is 5.11 Å². The summed E-state index contributed by atoms with van der Waals surface area (Å²) in [6.45, 7) is 6.51. The van der Waals surface area contributed by atoms with Crippen LogP contribution in [0.15, 0.2) is 12.4 Å². The van der Waals surface area contributed by atoms with Crippen molar-refractivity contribution in [1.82, 2.24) is 4.57 Å². The van der Waals surface area contributed by atoms with Crippen LogP contribution in [-0.2, 0) is 24.6 Å². The van der Waals surface area contributed by atoms with E-state index in [0.717, 1.165) is 12.2 Å². The summed E-state index contributed by atoms with van der Waals surface area (Å²) in [7, 11) is 3.83. The van der Waals surface area contributed by atoms with E-state index in [-0.39, 0.29) is 11.5 Å². The van der Waals surface area contributed by atoms with Gasteiger partial charge in [-0.05, 0) is 25.2 Å². The summed E-state index contributed by atoms with van der Waals surface area (Å²) in [4.78, 5) is 0. The minimum Gasteiger partial charge on any atom is -0.819 e. The Morgan fingerprint density at radius 3 is 2.67 bits per heavy atom. The summed E-state index contributed by atoms with van der Waals surface area (Å²) in [5.74, 6) is 0.384. The summed E-state index contributed by atoms with van der Waals surface area (Å²) < 4.78 is 9.67. The van der Waals surface area contributed by atoms with Gasteiger partial charge in [0.05, 0.1) is 19.7 Å². The van der Waals surface area contributed by atoms with Crippen LogP contribution in [-0.4, -0.2) is 10.2 Å². The summed E-state index contributed by atoms with van der Waals surface area (Å²) >= 11 is 0. The summed E-state index contributed by atoms with van der Waals surface area (Å²) in [6, 6.07) is 0. The molecule has 1 aromatic rings. The van der Waals surface area contributed by atoms with Gasteiger partial charge in [-0.15, -0.1) is 0 Å². The predicted molar refractivity (Wildman–Crippen MR) is 64.2 cm³/mol. The predicted octanol–water partition coefficient (Wildman–Crippen LogP) is 0.444. The molecule has 2 aliphatic rings. The number of nitrogens with zero attached hydrogens (tertiary/aromatic N) is 2. The molecule has 1 aliphatic carbocycles. The Morgan fingerprint density at radius 1 is 1.50 bits per heavy atom. The second-order valence-corrected chi connectivity index (χ2v) is 6.44. The topological polar surface area (TPSA) is 41.1 Å². The molecule has 0 N–H and O–H groups in total. The summed E-state index contributed by atoms with van der Waals surface area (Å²) in [5.41, 5.74) is -0.224. The van der Waals surface area contributed by atoms with Crippen LogP contribution in [0.5, 0.6) is 0 Å². The first-order chi connectivity index (χ1) is 8.29. The maximum Gasteiger partial charge on any atom is 0.272 e. The lowest BCUT2D eigenvalue weighted by atomic mass is 9.73. The van der Waals surface area contributed by atoms with Crippen molar-refractivity contribution in [2.24, 2.45) is 31.8 Å². The molecule has 3 rings (SSSR count). The Hall–Kier alpha value is -0.870. The molecule has 2 heterocycles. The number of ether oxygens (including phenoxy) is 1. The van der Waals surface area contributed by atoms with Crippen molar-refractivity contribution in [3.8, 4) is 0 Å². The molecule has 0 aromatic carbocycles. The van der Waals surface area contributed by atoms with E-state index < -0.39 is 5.79 Å². The first kappa shape index (κ1) is 12.2. The molecule has 2 fully saturated rings. The van der Waals surface area contributed by atoms with Crippen LogP contribution in [0.2, 0.25) is 0 Å². The van der Waals surface area contributed by atoms with Crippen LogP contribution in [0.4, 0.5) is 0 Å². The van der Waals surface area contributed by atoms with Crippen molar-refractivity contribution in [1.29, 1.82) is 0 Å². The highest BCUT2D eigenvalue weighted by Crippen LogP contribution is 2.61. The SMILES string of the molecule is C[C@H]1[C@H](C)C[C@]2(C)OC([O-])(c3n(C)cc[n+]3C)[C@H]12. The van der Waals surface area contributed by atoms with Gasteiger partial charge in [-0.25, -0.2) is 9.13 Å². The molecular formula is C14H22N2O2. The number of aromatic nitrogens is 2. The van der Waals surface area contributed by atoms with Crippen LogP contribution in [0.25, 0.3) is 0 Å². The van der Waals surface area contributed by atoms with Gasteiger partial charge in [-0.3, -0.25) is 0 Å². The molecule has 1 saturated heterocycles. The average molecular weight is 250 g/mol. The first-order valence-electron chi connectivity index (χ1n) is 6.71. The molecule has 4 heteroatoms. The molecule has 1 saturated carbocycles. The molecule has 0 amide bonds. The van der Waals surface area contributed by atoms with E-state index in [1.165, 1.54) is 0 Å². The van der Waals surface area contributed by atoms with E-state index >= 15 is 0 Å². The van der Waals surface area contributed by atoms with E-state index in [0.29, 0.717) is 11.8 Å². The molecule has 100 valence electrons. The van der Waals surface area contributed by atoms with Crippen molar-refractivity contribution in [2.75, 3.05) is 0 Å². The zero-order valence-electron chi connectivity index (χ0n) is 11.8. The molecule has 4 nitrogen and oxygen atoms in total. The third-order valence-electron chi connectivity index (χ3n) is 5.10. The van der Waals surface area contributed by atoms with Gasteiger partial charge >= 0.3 is 0 Å². The number of hydrogen-bond acceptors (Lipinski definition) is 2. The van der Waals surface area contributed by atoms with E-state index in [1.807, 2.05) is 35.6 Å². The molecule has 1 aliphatic heterocycles. The van der Waals surface area contributed by atoms with Crippen molar-refractivity contribution >= 4 is 0 Å². The maximum atomic E-state index is 13.2. The van der Waals surface area contributed by atoms with Gasteiger partial charge in [0.25, 0.3) is 5.82 Å². The van der Waals surface area contributed by atoms with Gasteiger partial charge in [0.1, 0.15) is 18.2 Å². The van der Waals surface area contributed by atoms with Crippen LogP contribution in [0, 0.1) is 17.8 Å². The molecule has 0 bridgehead atoms. The Morgan fingerprint density at radius 2 is 2.17 bits per heavy atom. The van der Waals surface area contributed by atoms with Crippen molar-refractivity contribution in [2.45, 2.75) is 38.6 Å². The molecular weight excluding hydrogens is 228 g/mol. The zero-order valence-corrected chi connectivity index (χ0v) is 11.8. The fourth-order valence-corrected chi connectivity index (χ4v) is 4.31. The summed E-state index contributed by atoms with van der Waals surface area (Å²) in [5, 5.41) is 13.2. The third kappa shape index (κ3) is 1.25. The first-order valence-corrected chi connectivity index (χ1v) is 6.71.